The average Bonchev–Trinajstić information content (AvgIpc) is 2.28. The lowest BCUT2D eigenvalue weighted by molar-refractivity contribution is -0.275. The second-order valence-corrected chi connectivity index (χ2v) is 3.13. The Labute approximate surface area is 100 Å². The Morgan fingerprint density at radius 1 is 1.22 bits per heavy atom. The largest absolute Gasteiger partial charge is 0.573 e. The minimum Gasteiger partial charge on any atom is -0.493 e. The molecule has 2 N–H and O–H groups in total. The van der Waals surface area contributed by atoms with E-state index in [4.69, 9.17) is 5.73 Å². The Bertz CT molecular complexity index is 459. The number of nitrogens with two attached hydrogens (primary N) is 1. The van der Waals surface area contributed by atoms with Gasteiger partial charge in [0.1, 0.15) is 0 Å². The smallest absolute Gasteiger partial charge is 0.493 e. The van der Waals surface area contributed by atoms with E-state index in [0.29, 0.717) is 0 Å². The monoisotopic (exact) mass is 265 g/mol. The van der Waals surface area contributed by atoms with Crippen molar-refractivity contribution in [1.82, 2.24) is 0 Å². The first-order chi connectivity index (χ1) is 8.28. The molecule has 0 aliphatic heterocycles. The number of nitrogen functional groups attached to an aromatic ring is 1. The maximum atomic E-state index is 12.1. The molecular formula is C10H10F3NO4. The van der Waals surface area contributed by atoms with Crippen molar-refractivity contribution in [1.29, 1.82) is 0 Å². The molecule has 0 bridgehead atoms. The minimum atomic E-state index is -4.91. The van der Waals surface area contributed by atoms with E-state index in [-0.39, 0.29) is 17.0 Å². The summed E-state index contributed by atoms with van der Waals surface area (Å²) >= 11 is 0. The molecule has 0 aliphatic rings. The van der Waals surface area contributed by atoms with Crippen LogP contribution in [-0.2, 0) is 4.74 Å². The van der Waals surface area contributed by atoms with Crippen LogP contribution in [0.25, 0.3) is 0 Å². The van der Waals surface area contributed by atoms with Crippen LogP contribution < -0.4 is 15.2 Å². The Balaban J connectivity index is 3.26. The number of hydrogen-bond donors (Lipinski definition) is 1. The van der Waals surface area contributed by atoms with Crippen LogP contribution in [0.3, 0.4) is 0 Å². The Morgan fingerprint density at radius 3 is 2.28 bits per heavy atom. The number of alkyl halides is 3. The molecule has 8 heteroatoms. The third kappa shape index (κ3) is 3.19. The molecule has 0 unspecified atom stereocenters. The first-order valence-electron chi connectivity index (χ1n) is 4.60. The molecule has 0 amide bonds. The van der Waals surface area contributed by atoms with E-state index < -0.39 is 18.1 Å². The summed E-state index contributed by atoms with van der Waals surface area (Å²) in [5.41, 5.74) is 5.17. The zero-order valence-corrected chi connectivity index (χ0v) is 9.50. The van der Waals surface area contributed by atoms with Crippen molar-refractivity contribution in [3.05, 3.63) is 17.7 Å². The van der Waals surface area contributed by atoms with Crippen LogP contribution in [0.1, 0.15) is 10.4 Å². The minimum absolute atomic E-state index is 0.0757. The van der Waals surface area contributed by atoms with Crippen molar-refractivity contribution < 1.29 is 32.2 Å². The van der Waals surface area contributed by atoms with Crippen molar-refractivity contribution in [2.24, 2.45) is 0 Å². The predicted octanol–water partition coefficient (Wildman–Crippen LogP) is 1.96. The van der Waals surface area contributed by atoms with Crippen LogP contribution in [0.2, 0.25) is 0 Å². The quantitative estimate of drug-likeness (QED) is 0.668. The predicted molar refractivity (Wildman–Crippen MR) is 55.4 cm³/mol. The second-order valence-electron chi connectivity index (χ2n) is 3.13. The molecule has 0 saturated carbocycles. The summed E-state index contributed by atoms with van der Waals surface area (Å²) < 4.78 is 49.2. The van der Waals surface area contributed by atoms with Gasteiger partial charge < -0.3 is 19.9 Å². The molecule has 18 heavy (non-hydrogen) atoms. The van der Waals surface area contributed by atoms with Crippen LogP contribution >= 0.6 is 0 Å². The van der Waals surface area contributed by atoms with E-state index >= 15 is 0 Å². The van der Waals surface area contributed by atoms with E-state index in [1.807, 2.05) is 0 Å². The highest BCUT2D eigenvalue weighted by Crippen LogP contribution is 2.35. The first-order valence-corrected chi connectivity index (χ1v) is 4.60. The lowest BCUT2D eigenvalue weighted by atomic mass is 10.1. The van der Waals surface area contributed by atoms with Crippen LogP contribution in [0.15, 0.2) is 12.1 Å². The number of benzene rings is 1. The van der Waals surface area contributed by atoms with Crippen LogP contribution in [-0.4, -0.2) is 26.6 Å². The molecule has 1 aromatic rings. The van der Waals surface area contributed by atoms with Gasteiger partial charge in [0.05, 0.1) is 25.5 Å². The van der Waals surface area contributed by atoms with Crippen molar-refractivity contribution >= 4 is 11.7 Å². The Morgan fingerprint density at radius 2 is 1.83 bits per heavy atom. The number of carbonyl (C=O) groups excluding carboxylic acids is 1. The van der Waals surface area contributed by atoms with E-state index in [0.717, 1.165) is 26.4 Å². The molecule has 5 nitrogen and oxygen atoms in total. The zero-order valence-electron chi connectivity index (χ0n) is 9.50. The van der Waals surface area contributed by atoms with E-state index in [2.05, 4.69) is 14.2 Å². The second kappa shape index (κ2) is 5.03. The molecule has 1 rings (SSSR count). The number of rotatable bonds is 3. The highest BCUT2D eigenvalue weighted by Gasteiger charge is 2.33. The van der Waals surface area contributed by atoms with Gasteiger partial charge in [0.25, 0.3) is 0 Å². The van der Waals surface area contributed by atoms with Gasteiger partial charge in [-0.15, -0.1) is 13.2 Å². The normalized spacial score (nSPS) is 10.9. The molecule has 0 saturated heterocycles. The van der Waals surface area contributed by atoms with Crippen molar-refractivity contribution in [3.8, 4) is 11.5 Å². The number of esters is 1. The SMILES string of the molecule is COC(=O)c1cc(OC(F)(F)F)c(OC)cc1N. The van der Waals surface area contributed by atoms with Crippen molar-refractivity contribution in [3.63, 3.8) is 0 Å². The molecule has 0 spiro atoms. The molecular weight excluding hydrogens is 255 g/mol. The number of carbonyl (C=O) groups is 1. The Kier molecular flexibility index (Phi) is 3.89. The zero-order chi connectivity index (χ0) is 13.9. The molecule has 0 heterocycles. The molecule has 1 aromatic carbocycles. The van der Waals surface area contributed by atoms with Gasteiger partial charge in [-0.1, -0.05) is 0 Å². The third-order valence-corrected chi connectivity index (χ3v) is 1.97. The lowest BCUT2D eigenvalue weighted by Crippen LogP contribution is -2.18. The molecule has 0 fully saturated rings. The van der Waals surface area contributed by atoms with E-state index in [1.165, 1.54) is 0 Å². The van der Waals surface area contributed by atoms with Gasteiger partial charge in [0.2, 0.25) is 0 Å². The van der Waals surface area contributed by atoms with E-state index in [9.17, 15) is 18.0 Å². The first kappa shape index (κ1) is 13.9. The summed E-state index contributed by atoms with van der Waals surface area (Å²) in [4.78, 5) is 11.3. The topological polar surface area (TPSA) is 70.8 Å². The van der Waals surface area contributed by atoms with Gasteiger partial charge in [-0.2, -0.15) is 0 Å². The highest BCUT2D eigenvalue weighted by atomic mass is 19.4. The summed E-state index contributed by atoms with van der Waals surface area (Å²) in [7, 11) is 2.23. The fourth-order valence-corrected chi connectivity index (χ4v) is 1.23. The summed E-state index contributed by atoms with van der Waals surface area (Å²) in [5.74, 6) is -1.78. The van der Waals surface area contributed by atoms with Crippen LogP contribution in [0, 0.1) is 0 Å². The van der Waals surface area contributed by atoms with Gasteiger partial charge in [-0.05, 0) is 0 Å². The molecule has 0 aliphatic carbocycles. The molecule has 100 valence electrons. The number of anilines is 1. The van der Waals surface area contributed by atoms with Crippen molar-refractivity contribution in [2.75, 3.05) is 20.0 Å². The van der Waals surface area contributed by atoms with Gasteiger partial charge >= 0.3 is 12.3 Å². The number of hydrogen-bond acceptors (Lipinski definition) is 5. The van der Waals surface area contributed by atoms with E-state index in [1.54, 1.807) is 0 Å². The summed E-state index contributed by atoms with van der Waals surface area (Å²) in [6.45, 7) is 0. The highest BCUT2D eigenvalue weighted by molar-refractivity contribution is 5.96. The summed E-state index contributed by atoms with van der Waals surface area (Å²) in [6.07, 6.45) is -4.91. The van der Waals surface area contributed by atoms with Gasteiger partial charge in [0.15, 0.2) is 11.5 Å². The summed E-state index contributed by atoms with van der Waals surface area (Å²) in [5, 5.41) is 0. The Hall–Kier alpha value is -2.12. The third-order valence-electron chi connectivity index (χ3n) is 1.97. The van der Waals surface area contributed by atoms with Crippen LogP contribution in [0.4, 0.5) is 18.9 Å². The van der Waals surface area contributed by atoms with Crippen molar-refractivity contribution in [2.45, 2.75) is 6.36 Å². The maximum Gasteiger partial charge on any atom is 0.573 e. The molecule has 0 radical (unpaired) electrons. The summed E-state index contributed by atoms with van der Waals surface area (Å²) in [6, 6.07) is 1.86. The lowest BCUT2D eigenvalue weighted by Gasteiger charge is -2.14. The average molecular weight is 265 g/mol. The fourth-order valence-electron chi connectivity index (χ4n) is 1.23. The van der Waals surface area contributed by atoms with Gasteiger partial charge in [-0.3, -0.25) is 0 Å². The molecule has 0 atom stereocenters. The number of methoxy groups -OCH3 is 2. The number of ether oxygens (including phenoxy) is 3. The maximum absolute atomic E-state index is 12.1. The van der Waals surface area contributed by atoms with Gasteiger partial charge in [0, 0.05) is 12.1 Å². The number of halogens is 3. The van der Waals surface area contributed by atoms with Gasteiger partial charge in [-0.25, -0.2) is 4.79 Å². The standard InChI is InChI=1S/C10H10F3NO4/c1-16-7-4-6(14)5(9(15)17-2)3-8(7)18-10(11,12)13/h3-4H,14H2,1-2H3. The fraction of sp³-hybridized carbons (Fsp3) is 0.300. The molecule has 0 aromatic heterocycles. The van der Waals surface area contributed by atoms with Crippen LogP contribution in [0.5, 0.6) is 11.5 Å².